The Hall–Kier alpha value is -1.39. The molecule has 10 heteroatoms. The fourth-order valence-corrected chi connectivity index (χ4v) is 5.20. The molecule has 3 rings (SSSR count). The number of rotatable bonds is 8. The zero-order valence-electron chi connectivity index (χ0n) is 18.3. The van der Waals surface area contributed by atoms with E-state index in [4.69, 9.17) is 0 Å². The van der Waals surface area contributed by atoms with E-state index in [-0.39, 0.29) is 11.7 Å². The Morgan fingerprint density at radius 3 is 2.27 bits per heavy atom. The molecule has 2 N–H and O–H groups in total. The molecule has 3 aliphatic rings. The molecule has 0 unspecified atom stereocenters. The van der Waals surface area contributed by atoms with Crippen LogP contribution in [0.4, 0.5) is 0 Å². The molecule has 2 aliphatic heterocycles. The summed E-state index contributed by atoms with van der Waals surface area (Å²) in [4.78, 5) is 23.1. The van der Waals surface area contributed by atoms with Gasteiger partial charge in [0.05, 0.1) is 12.3 Å². The molecule has 3 fully saturated rings. The lowest BCUT2D eigenvalue weighted by Gasteiger charge is -2.37. The van der Waals surface area contributed by atoms with Crippen molar-refractivity contribution >= 4 is 21.9 Å². The number of hydrogen-bond donors (Lipinski definition) is 2. The first-order valence-corrected chi connectivity index (χ1v) is 13.0. The van der Waals surface area contributed by atoms with Crippen LogP contribution in [0.1, 0.15) is 38.5 Å². The number of piperidine rings is 1. The Morgan fingerprint density at radius 2 is 1.67 bits per heavy atom. The van der Waals surface area contributed by atoms with Gasteiger partial charge in [-0.1, -0.05) is 6.42 Å². The number of carbonyl (C=O) groups is 1. The predicted octanol–water partition coefficient (Wildman–Crippen LogP) is -0.0886. The van der Waals surface area contributed by atoms with Gasteiger partial charge in [-0.15, -0.1) is 0 Å². The summed E-state index contributed by atoms with van der Waals surface area (Å²) >= 11 is 0. The second-order valence-corrected chi connectivity index (χ2v) is 10.6. The van der Waals surface area contributed by atoms with Crippen molar-refractivity contribution < 1.29 is 13.2 Å². The third kappa shape index (κ3) is 7.09. The minimum absolute atomic E-state index is 0.0447. The van der Waals surface area contributed by atoms with Gasteiger partial charge in [-0.25, -0.2) is 13.1 Å². The van der Waals surface area contributed by atoms with E-state index < -0.39 is 10.0 Å². The molecule has 2 saturated heterocycles. The van der Waals surface area contributed by atoms with E-state index in [1.807, 2.05) is 4.90 Å². The first-order chi connectivity index (χ1) is 14.5. The maximum absolute atomic E-state index is 12.5. The van der Waals surface area contributed by atoms with Crippen LogP contribution in [-0.4, -0.2) is 107 Å². The third-order valence-corrected chi connectivity index (χ3v) is 7.77. The average Bonchev–Trinajstić information content (AvgIpc) is 2.71. The molecule has 2 heterocycles. The summed E-state index contributed by atoms with van der Waals surface area (Å²) in [5, 5.41) is 3.18. The van der Waals surface area contributed by atoms with Gasteiger partial charge in [-0.05, 0) is 38.0 Å². The number of piperazine rings is 1. The van der Waals surface area contributed by atoms with Gasteiger partial charge in [0.1, 0.15) is 0 Å². The lowest BCUT2D eigenvalue weighted by Crippen LogP contribution is -2.55. The van der Waals surface area contributed by atoms with Crippen molar-refractivity contribution in [2.75, 3.05) is 71.7 Å². The van der Waals surface area contributed by atoms with Gasteiger partial charge in [-0.3, -0.25) is 14.7 Å². The summed E-state index contributed by atoms with van der Waals surface area (Å²) in [6, 6.07) is 0. The minimum atomic E-state index is -3.26. The first-order valence-electron chi connectivity index (χ1n) is 11.4. The summed E-state index contributed by atoms with van der Waals surface area (Å²) in [5.41, 5.74) is 0. The lowest BCUT2D eigenvalue weighted by molar-refractivity contribution is -0.133. The SMILES string of the molecule is CN=C(NCCS(=O)(=O)NCC1CCC1)N1CCN(CC(=O)N2CCCCC2)CC1. The highest BCUT2D eigenvalue weighted by molar-refractivity contribution is 7.89. The monoisotopic (exact) mass is 442 g/mol. The molecule has 0 aromatic heterocycles. The van der Waals surface area contributed by atoms with E-state index in [0.29, 0.717) is 25.6 Å². The lowest BCUT2D eigenvalue weighted by atomic mass is 9.86. The quantitative estimate of drug-likeness (QED) is 0.403. The summed E-state index contributed by atoms with van der Waals surface area (Å²) < 4.78 is 27.0. The Kier molecular flexibility index (Phi) is 8.76. The van der Waals surface area contributed by atoms with Crippen molar-refractivity contribution in [3.05, 3.63) is 0 Å². The van der Waals surface area contributed by atoms with Gasteiger partial charge in [0.25, 0.3) is 0 Å². The van der Waals surface area contributed by atoms with Crippen molar-refractivity contribution in [2.45, 2.75) is 38.5 Å². The Labute approximate surface area is 181 Å². The molecule has 30 heavy (non-hydrogen) atoms. The molecule has 0 radical (unpaired) electrons. The van der Waals surface area contributed by atoms with Crippen LogP contribution in [0, 0.1) is 5.92 Å². The summed E-state index contributed by atoms with van der Waals surface area (Å²) in [6.07, 6.45) is 6.93. The van der Waals surface area contributed by atoms with Crippen LogP contribution >= 0.6 is 0 Å². The van der Waals surface area contributed by atoms with E-state index in [0.717, 1.165) is 70.9 Å². The van der Waals surface area contributed by atoms with Crippen LogP contribution in [0.2, 0.25) is 0 Å². The number of guanidine groups is 1. The van der Waals surface area contributed by atoms with Gasteiger partial charge in [0.15, 0.2) is 5.96 Å². The maximum atomic E-state index is 12.5. The highest BCUT2D eigenvalue weighted by Crippen LogP contribution is 2.25. The molecule has 0 atom stereocenters. The van der Waals surface area contributed by atoms with Crippen LogP contribution in [-0.2, 0) is 14.8 Å². The molecule has 0 aromatic rings. The number of carbonyl (C=O) groups excluding carboxylic acids is 1. The Bertz CT molecular complexity index is 681. The summed E-state index contributed by atoms with van der Waals surface area (Å²) in [6.45, 7) is 6.35. The number of likely N-dealkylation sites (tertiary alicyclic amines) is 1. The molecule has 1 saturated carbocycles. The molecule has 1 amide bonds. The summed E-state index contributed by atoms with van der Waals surface area (Å²) in [7, 11) is -1.54. The second-order valence-electron chi connectivity index (χ2n) is 8.64. The number of nitrogens with zero attached hydrogens (tertiary/aromatic N) is 4. The zero-order valence-corrected chi connectivity index (χ0v) is 19.1. The normalized spacial score (nSPS) is 22.1. The molecular formula is C20H38N6O3S. The fraction of sp³-hybridized carbons (Fsp3) is 0.900. The van der Waals surface area contributed by atoms with Crippen molar-refractivity contribution in [3.63, 3.8) is 0 Å². The van der Waals surface area contributed by atoms with E-state index in [2.05, 4.69) is 24.8 Å². The van der Waals surface area contributed by atoms with Crippen molar-refractivity contribution in [1.82, 2.24) is 24.7 Å². The zero-order chi connectivity index (χ0) is 21.4. The van der Waals surface area contributed by atoms with E-state index in [9.17, 15) is 13.2 Å². The number of sulfonamides is 1. The highest BCUT2D eigenvalue weighted by Gasteiger charge is 2.24. The van der Waals surface area contributed by atoms with Gasteiger partial charge >= 0.3 is 0 Å². The van der Waals surface area contributed by atoms with Gasteiger partial charge in [-0.2, -0.15) is 0 Å². The van der Waals surface area contributed by atoms with Crippen molar-refractivity contribution in [3.8, 4) is 0 Å². The van der Waals surface area contributed by atoms with Crippen LogP contribution in [0.3, 0.4) is 0 Å². The predicted molar refractivity (Wildman–Crippen MR) is 119 cm³/mol. The van der Waals surface area contributed by atoms with Gasteiger partial charge in [0.2, 0.25) is 15.9 Å². The van der Waals surface area contributed by atoms with Gasteiger partial charge < -0.3 is 15.1 Å². The largest absolute Gasteiger partial charge is 0.355 e. The topological polar surface area (TPSA) is 97.3 Å². The van der Waals surface area contributed by atoms with Crippen LogP contribution < -0.4 is 10.0 Å². The molecule has 1 aliphatic carbocycles. The fourth-order valence-electron chi connectivity index (χ4n) is 4.20. The Morgan fingerprint density at radius 1 is 0.967 bits per heavy atom. The minimum Gasteiger partial charge on any atom is -0.355 e. The summed E-state index contributed by atoms with van der Waals surface area (Å²) in [5.74, 6) is 1.53. The number of nitrogens with one attached hydrogen (secondary N) is 2. The standard InChI is InChI=1S/C20H38N6O3S/c1-21-20(22-8-15-30(28,29)23-16-18-6-5-7-18)26-13-11-24(12-14-26)17-19(27)25-9-3-2-4-10-25/h18,23H,2-17H2,1H3,(H,21,22). The van der Waals surface area contributed by atoms with Crippen LogP contribution in [0.5, 0.6) is 0 Å². The Balaban J connectivity index is 1.34. The third-order valence-electron chi connectivity index (χ3n) is 6.42. The molecular weight excluding hydrogens is 404 g/mol. The first kappa shape index (κ1) is 23.3. The number of aliphatic imine (C=N–C) groups is 1. The van der Waals surface area contributed by atoms with E-state index in [1.54, 1.807) is 7.05 Å². The highest BCUT2D eigenvalue weighted by atomic mass is 32.2. The van der Waals surface area contributed by atoms with E-state index in [1.165, 1.54) is 12.8 Å². The van der Waals surface area contributed by atoms with Crippen LogP contribution in [0.25, 0.3) is 0 Å². The van der Waals surface area contributed by atoms with Gasteiger partial charge in [0, 0.05) is 59.4 Å². The molecule has 9 nitrogen and oxygen atoms in total. The number of amides is 1. The average molecular weight is 443 g/mol. The maximum Gasteiger partial charge on any atom is 0.236 e. The molecule has 0 bridgehead atoms. The van der Waals surface area contributed by atoms with E-state index >= 15 is 0 Å². The van der Waals surface area contributed by atoms with Crippen molar-refractivity contribution in [2.24, 2.45) is 10.9 Å². The molecule has 0 spiro atoms. The molecule has 172 valence electrons. The smallest absolute Gasteiger partial charge is 0.236 e. The number of hydrogen-bond acceptors (Lipinski definition) is 5. The second kappa shape index (κ2) is 11.3. The molecule has 0 aromatic carbocycles. The van der Waals surface area contributed by atoms with Crippen molar-refractivity contribution in [1.29, 1.82) is 0 Å². The van der Waals surface area contributed by atoms with Crippen LogP contribution in [0.15, 0.2) is 4.99 Å².